The van der Waals surface area contributed by atoms with Gasteiger partial charge in [-0.15, -0.1) is 0 Å². The van der Waals surface area contributed by atoms with E-state index in [0.29, 0.717) is 13.0 Å². The van der Waals surface area contributed by atoms with Crippen molar-refractivity contribution >= 4 is 20.0 Å². The standard InChI is InChI=1S/C21H42N2O4Si/c1-14(2)11-17(23-19(25)16(5)22-15(3)4)18(24)21(12-26-21)13-27-28(9,10)20(6,7)8/h14-17,22H,11-13H2,1-10H3,(H,23,25)/t16-,17-,21-/m0/s1. The molecule has 0 unspecified atom stereocenters. The highest BCUT2D eigenvalue weighted by Crippen LogP contribution is 2.39. The average Bonchev–Trinajstić information content (AvgIpc) is 3.30. The van der Waals surface area contributed by atoms with Crippen molar-refractivity contribution < 1.29 is 18.8 Å². The summed E-state index contributed by atoms with van der Waals surface area (Å²) in [5.41, 5.74) is -0.906. The van der Waals surface area contributed by atoms with Crippen molar-refractivity contribution in [3.63, 3.8) is 0 Å². The van der Waals surface area contributed by atoms with Gasteiger partial charge in [0.15, 0.2) is 19.7 Å². The van der Waals surface area contributed by atoms with Crippen LogP contribution in [0.1, 0.15) is 61.8 Å². The number of carbonyl (C=O) groups excluding carboxylic acids is 2. The minimum atomic E-state index is -1.99. The fraction of sp³-hybridized carbons (Fsp3) is 0.905. The quantitative estimate of drug-likeness (QED) is 0.401. The van der Waals surface area contributed by atoms with Crippen LogP contribution in [0.4, 0.5) is 0 Å². The smallest absolute Gasteiger partial charge is 0.237 e. The predicted octanol–water partition coefficient (Wildman–Crippen LogP) is 3.26. The molecule has 0 aromatic carbocycles. The van der Waals surface area contributed by atoms with Crippen LogP contribution in [0.15, 0.2) is 0 Å². The highest BCUT2D eigenvalue weighted by molar-refractivity contribution is 6.74. The predicted molar refractivity (Wildman–Crippen MR) is 116 cm³/mol. The number of hydrogen-bond acceptors (Lipinski definition) is 5. The second-order valence-corrected chi connectivity index (χ2v) is 15.2. The zero-order valence-electron chi connectivity index (χ0n) is 19.6. The maximum Gasteiger partial charge on any atom is 0.237 e. The summed E-state index contributed by atoms with van der Waals surface area (Å²) in [5, 5.41) is 6.20. The van der Waals surface area contributed by atoms with E-state index in [-0.39, 0.29) is 41.3 Å². The highest BCUT2D eigenvalue weighted by atomic mass is 28.4. The number of rotatable bonds is 11. The second-order valence-electron chi connectivity index (χ2n) is 10.4. The maximum atomic E-state index is 13.3. The van der Waals surface area contributed by atoms with Crippen LogP contribution in [-0.4, -0.2) is 56.9 Å². The van der Waals surface area contributed by atoms with Gasteiger partial charge in [0.25, 0.3) is 0 Å². The highest BCUT2D eigenvalue weighted by Gasteiger charge is 2.56. The summed E-state index contributed by atoms with van der Waals surface area (Å²) < 4.78 is 11.9. The molecule has 1 aliphatic rings. The van der Waals surface area contributed by atoms with E-state index in [1.807, 2.05) is 20.8 Å². The van der Waals surface area contributed by atoms with Gasteiger partial charge in [-0.1, -0.05) is 48.5 Å². The molecule has 28 heavy (non-hydrogen) atoms. The Morgan fingerprint density at radius 2 is 1.68 bits per heavy atom. The van der Waals surface area contributed by atoms with Gasteiger partial charge in [0.2, 0.25) is 5.91 Å². The van der Waals surface area contributed by atoms with Crippen molar-refractivity contribution in [2.75, 3.05) is 13.2 Å². The third kappa shape index (κ3) is 6.93. The van der Waals surface area contributed by atoms with E-state index < -0.39 is 20.0 Å². The number of Topliss-reactive ketones (excluding diaryl/α,β-unsaturated/α-hetero) is 1. The molecular formula is C21H42N2O4Si. The first kappa shape index (κ1) is 25.3. The Kier molecular flexibility index (Phi) is 8.45. The van der Waals surface area contributed by atoms with Gasteiger partial charge >= 0.3 is 0 Å². The van der Waals surface area contributed by atoms with E-state index in [9.17, 15) is 9.59 Å². The lowest BCUT2D eigenvalue weighted by Gasteiger charge is -2.37. The topological polar surface area (TPSA) is 80.0 Å². The van der Waals surface area contributed by atoms with E-state index in [4.69, 9.17) is 9.16 Å². The van der Waals surface area contributed by atoms with Gasteiger partial charge in [-0.05, 0) is 37.4 Å². The largest absolute Gasteiger partial charge is 0.413 e. The number of hydrogen-bond donors (Lipinski definition) is 2. The van der Waals surface area contributed by atoms with Gasteiger partial charge in [0.1, 0.15) is 0 Å². The molecule has 0 aromatic rings. The molecule has 0 saturated carbocycles. The van der Waals surface area contributed by atoms with Gasteiger partial charge < -0.3 is 19.8 Å². The number of nitrogens with one attached hydrogen (secondary N) is 2. The summed E-state index contributed by atoms with van der Waals surface area (Å²) >= 11 is 0. The third-order valence-electron chi connectivity index (χ3n) is 5.73. The van der Waals surface area contributed by atoms with Gasteiger partial charge in [-0.2, -0.15) is 0 Å². The molecule has 0 bridgehead atoms. The van der Waals surface area contributed by atoms with Crippen molar-refractivity contribution in [2.24, 2.45) is 5.92 Å². The van der Waals surface area contributed by atoms with Gasteiger partial charge in [0.05, 0.1) is 25.3 Å². The Balaban J connectivity index is 2.85. The molecule has 0 aromatic heterocycles. The first-order chi connectivity index (χ1) is 12.6. The van der Waals surface area contributed by atoms with Crippen LogP contribution in [0.3, 0.4) is 0 Å². The number of ketones is 1. The van der Waals surface area contributed by atoms with Crippen molar-refractivity contribution in [3.05, 3.63) is 0 Å². The van der Waals surface area contributed by atoms with E-state index in [1.54, 1.807) is 0 Å². The van der Waals surface area contributed by atoms with Gasteiger partial charge in [0, 0.05) is 6.04 Å². The Bertz CT molecular complexity index is 551. The minimum absolute atomic E-state index is 0.0648. The van der Waals surface area contributed by atoms with Crippen LogP contribution in [0.5, 0.6) is 0 Å². The molecule has 0 aliphatic carbocycles. The summed E-state index contributed by atoms with van der Waals surface area (Å²) in [5.74, 6) is 0.0542. The van der Waals surface area contributed by atoms with Crippen molar-refractivity contribution in [1.29, 1.82) is 0 Å². The Labute approximate surface area is 172 Å². The fourth-order valence-electron chi connectivity index (χ4n) is 2.79. The lowest BCUT2D eigenvalue weighted by atomic mass is 9.92. The fourth-order valence-corrected chi connectivity index (χ4v) is 3.82. The molecule has 2 N–H and O–H groups in total. The van der Waals surface area contributed by atoms with Crippen LogP contribution in [0.25, 0.3) is 0 Å². The first-order valence-electron chi connectivity index (χ1n) is 10.5. The molecule has 6 nitrogen and oxygen atoms in total. The number of amides is 1. The van der Waals surface area contributed by atoms with Crippen LogP contribution >= 0.6 is 0 Å². The van der Waals surface area contributed by atoms with E-state index in [0.717, 1.165) is 0 Å². The normalized spacial score (nSPS) is 22.3. The number of ether oxygens (including phenoxy) is 1. The zero-order chi connectivity index (χ0) is 21.9. The van der Waals surface area contributed by atoms with Crippen LogP contribution in [0.2, 0.25) is 18.1 Å². The van der Waals surface area contributed by atoms with Crippen molar-refractivity contribution in [2.45, 2.75) is 104 Å². The zero-order valence-corrected chi connectivity index (χ0v) is 20.6. The van der Waals surface area contributed by atoms with Crippen LogP contribution in [-0.2, 0) is 18.8 Å². The Morgan fingerprint density at radius 3 is 2.07 bits per heavy atom. The van der Waals surface area contributed by atoms with Gasteiger partial charge in [-0.25, -0.2) is 0 Å². The molecule has 1 saturated heterocycles. The van der Waals surface area contributed by atoms with Crippen LogP contribution < -0.4 is 10.6 Å². The van der Waals surface area contributed by atoms with E-state index in [2.05, 4.69) is 58.3 Å². The molecule has 0 spiro atoms. The van der Waals surface area contributed by atoms with Crippen molar-refractivity contribution in [1.82, 2.24) is 10.6 Å². The average molecular weight is 415 g/mol. The van der Waals surface area contributed by atoms with E-state index >= 15 is 0 Å². The molecule has 1 rings (SSSR count). The van der Waals surface area contributed by atoms with Crippen LogP contribution in [0, 0.1) is 5.92 Å². The maximum absolute atomic E-state index is 13.3. The summed E-state index contributed by atoms with van der Waals surface area (Å²) in [6, 6.07) is -0.729. The summed E-state index contributed by atoms with van der Waals surface area (Å²) in [7, 11) is -1.99. The number of epoxide rings is 1. The lowest BCUT2D eigenvalue weighted by Crippen LogP contribution is -2.54. The molecule has 164 valence electrons. The lowest BCUT2D eigenvalue weighted by molar-refractivity contribution is -0.132. The Hall–Kier alpha value is -0.763. The Morgan fingerprint density at radius 1 is 1.14 bits per heavy atom. The number of carbonyl (C=O) groups is 2. The van der Waals surface area contributed by atoms with Crippen molar-refractivity contribution in [3.8, 4) is 0 Å². The minimum Gasteiger partial charge on any atom is -0.413 e. The summed E-state index contributed by atoms with van der Waals surface area (Å²) in [6.07, 6.45) is 0.587. The monoisotopic (exact) mass is 414 g/mol. The summed E-state index contributed by atoms with van der Waals surface area (Å²) in [6.45, 7) is 21.4. The summed E-state index contributed by atoms with van der Waals surface area (Å²) in [4.78, 5) is 25.9. The van der Waals surface area contributed by atoms with E-state index in [1.165, 1.54) is 0 Å². The molecule has 1 fully saturated rings. The molecule has 1 amide bonds. The third-order valence-corrected chi connectivity index (χ3v) is 10.2. The SMILES string of the molecule is CC(C)C[C@H](NC(=O)[C@H](C)NC(C)C)C(=O)[C@@]1(CO[Si](C)(C)C(C)(C)C)CO1. The molecule has 0 radical (unpaired) electrons. The van der Waals surface area contributed by atoms with Gasteiger partial charge in [-0.3, -0.25) is 9.59 Å². The molecule has 1 aliphatic heterocycles. The second kappa shape index (κ2) is 9.37. The molecule has 7 heteroatoms. The molecular weight excluding hydrogens is 372 g/mol. The molecule has 3 atom stereocenters. The first-order valence-corrected chi connectivity index (χ1v) is 13.4. The molecule has 1 heterocycles.